The van der Waals surface area contributed by atoms with E-state index in [0.717, 1.165) is 45.6 Å². The second kappa shape index (κ2) is 13.4. The van der Waals surface area contributed by atoms with Crippen molar-refractivity contribution in [3.8, 4) is 0 Å². The summed E-state index contributed by atoms with van der Waals surface area (Å²) >= 11 is 0. The largest absolute Gasteiger partial charge is 0.490 e. The van der Waals surface area contributed by atoms with Gasteiger partial charge in [-0.3, -0.25) is 19.6 Å². The minimum absolute atomic E-state index is 0.284. The molecule has 2 N–H and O–H groups in total. The summed E-state index contributed by atoms with van der Waals surface area (Å²) in [4.78, 5) is 41.6. The summed E-state index contributed by atoms with van der Waals surface area (Å²) in [5, 5.41) is 14.2. The summed E-state index contributed by atoms with van der Waals surface area (Å²) in [6.07, 6.45) is -2.81. The molecular formula is C22H28F6N4O5. The van der Waals surface area contributed by atoms with Crippen molar-refractivity contribution >= 4 is 17.8 Å². The Hall–Kier alpha value is -3.20. The van der Waals surface area contributed by atoms with Crippen LogP contribution in [0.3, 0.4) is 0 Å². The number of aliphatic carboxylic acids is 2. The molecule has 1 aromatic heterocycles. The molecule has 0 atom stereocenters. The van der Waals surface area contributed by atoms with Gasteiger partial charge in [-0.05, 0) is 31.5 Å². The van der Waals surface area contributed by atoms with Gasteiger partial charge < -0.3 is 15.1 Å². The van der Waals surface area contributed by atoms with Crippen LogP contribution in [-0.2, 0) is 20.9 Å². The van der Waals surface area contributed by atoms with Crippen LogP contribution in [0.5, 0.6) is 0 Å². The lowest BCUT2D eigenvalue weighted by Gasteiger charge is -2.51. The Kier molecular flexibility index (Phi) is 11.5. The van der Waals surface area contributed by atoms with Gasteiger partial charge in [0.15, 0.2) is 0 Å². The SMILES string of the molecule is C=CCN1CCN(C)C2(CCN(Cc3cccnc3)CC2)C1=O.O=C(O)C(F)(F)F.O=C(O)C(F)(F)F. The van der Waals surface area contributed by atoms with Gasteiger partial charge >= 0.3 is 24.3 Å². The number of carbonyl (C=O) groups is 3. The number of carboxylic acids is 2. The van der Waals surface area contributed by atoms with Gasteiger partial charge in [-0.1, -0.05) is 12.1 Å². The van der Waals surface area contributed by atoms with Crippen molar-refractivity contribution in [2.24, 2.45) is 0 Å². The zero-order valence-corrected chi connectivity index (χ0v) is 19.9. The number of nitrogens with zero attached hydrogens (tertiary/aromatic N) is 4. The fraction of sp³-hybridized carbons (Fsp3) is 0.545. The van der Waals surface area contributed by atoms with Crippen molar-refractivity contribution in [3.05, 3.63) is 42.7 Å². The molecule has 37 heavy (non-hydrogen) atoms. The zero-order chi connectivity index (χ0) is 28.4. The number of carboxylic acid groups (broad SMARTS) is 2. The highest BCUT2D eigenvalue weighted by Gasteiger charge is 2.48. The Bertz CT molecular complexity index is 894. The summed E-state index contributed by atoms with van der Waals surface area (Å²) in [6, 6.07) is 4.09. The van der Waals surface area contributed by atoms with Crippen molar-refractivity contribution in [1.82, 2.24) is 19.7 Å². The normalized spacial score (nSPS) is 18.2. The van der Waals surface area contributed by atoms with Crippen molar-refractivity contribution < 1.29 is 50.9 Å². The molecule has 1 spiro atoms. The third-order valence-corrected chi connectivity index (χ3v) is 5.77. The van der Waals surface area contributed by atoms with E-state index in [0.29, 0.717) is 6.54 Å². The molecular weight excluding hydrogens is 514 g/mol. The number of halogens is 6. The summed E-state index contributed by atoms with van der Waals surface area (Å²) in [5.41, 5.74) is 0.923. The number of pyridine rings is 1. The quantitative estimate of drug-likeness (QED) is 0.441. The number of likely N-dealkylation sites (tertiary alicyclic amines) is 1. The molecule has 0 radical (unpaired) electrons. The number of carbonyl (C=O) groups excluding carboxylic acids is 1. The topological polar surface area (TPSA) is 114 Å². The number of piperidine rings is 1. The van der Waals surface area contributed by atoms with Crippen LogP contribution in [0.4, 0.5) is 26.3 Å². The predicted molar refractivity (Wildman–Crippen MR) is 118 cm³/mol. The second-order valence-electron chi connectivity index (χ2n) is 8.24. The van der Waals surface area contributed by atoms with Crippen molar-refractivity contribution in [2.75, 3.05) is 39.8 Å². The van der Waals surface area contributed by atoms with Gasteiger partial charge in [0.05, 0.1) is 0 Å². The van der Waals surface area contributed by atoms with E-state index in [-0.39, 0.29) is 11.4 Å². The Morgan fingerprint density at radius 3 is 1.97 bits per heavy atom. The third kappa shape index (κ3) is 9.64. The highest BCUT2D eigenvalue weighted by Crippen LogP contribution is 2.33. The molecule has 3 rings (SSSR count). The number of aromatic nitrogens is 1. The molecule has 0 aromatic carbocycles. The average Bonchev–Trinajstić information content (AvgIpc) is 2.81. The molecule has 15 heteroatoms. The minimum atomic E-state index is -5.08. The van der Waals surface area contributed by atoms with Crippen LogP contribution in [0.2, 0.25) is 0 Å². The Morgan fingerprint density at radius 1 is 1.05 bits per heavy atom. The van der Waals surface area contributed by atoms with Gasteiger partial charge in [0.1, 0.15) is 5.54 Å². The summed E-state index contributed by atoms with van der Waals surface area (Å²) in [6.45, 7) is 9.01. The fourth-order valence-corrected chi connectivity index (χ4v) is 3.80. The highest BCUT2D eigenvalue weighted by atomic mass is 19.4. The highest BCUT2D eigenvalue weighted by molar-refractivity contribution is 5.87. The molecule has 2 aliphatic heterocycles. The number of hydrogen-bond acceptors (Lipinski definition) is 6. The van der Waals surface area contributed by atoms with E-state index < -0.39 is 24.3 Å². The van der Waals surface area contributed by atoms with Gasteiger partial charge in [0, 0.05) is 51.7 Å². The van der Waals surface area contributed by atoms with Crippen LogP contribution >= 0.6 is 0 Å². The number of piperazine rings is 1. The van der Waals surface area contributed by atoms with E-state index in [1.807, 2.05) is 23.2 Å². The van der Waals surface area contributed by atoms with E-state index in [2.05, 4.69) is 34.5 Å². The van der Waals surface area contributed by atoms with E-state index in [4.69, 9.17) is 19.8 Å². The summed E-state index contributed by atoms with van der Waals surface area (Å²) in [7, 11) is 2.10. The van der Waals surface area contributed by atoms with Gasteiger partial charge in [0.25, 0.3) is 0 Å². The zero-order valence-electron chi connectivity index (χ0n) is 19.9. The Labute approximate surface area is 209 Å². The lowest BCUT2D eigenvalue weighted by Crippen LogP contribution is -2.67. The van der Waals surface area contributed by atoms with Crippen LogP contribution in [0.1, 0.15) is 18.4 Å². The van der Waals surface area contributed by atoms with Gasteiger partial charge in [-0.25, -0.2) is 9.59 Å². The predicted octanol–water partition coefficient (Wildman–Crippen LogP) is 2.64. The molecule has 0 aliphatic carbocycles. The average molecular weight is 542 g/mol. The molecule has 9 nitrogen and oxygen atoms in total. The molecule has 0 bridgehead atoms. The maximum atomic E-state index is 13.0. The van der Waals surface area contributed by atoms with Gasteiger partial charge in [-0.15, -0.1) is 6.58 Å². The summed E-state index contributed by atoms with van der Waals surface area (Å²) < 4.78 is 63.5. The van der Waals surface area contributed by atoms with Gasteiger partial charge in [0.2, 0.25) is 5.91 Å². The van der Waals surface area contributed by atoms with Crippen LogP contribution in [0.25, 0.3) is 0 Å². The molecule has 2 aliphatic rings. The van der Waals surface area contributed by atoms with E-state index in [1.54, 1.807) is 6.20 Å². The number of rotatable bonds is 4. The Balaban J connectivity index is 0.000000404. The van der Waals surface area contributed by atoms with Crippen LogP contribution in [0, 0.1) is 0 Å². The first-order valence-electron chi connectivity index (χ1n) is 10.9. The number of likely N-dealkylation sites (N-methyl/N-ethyl adjacent to an activating group) is 1. The number of alkyl halides is 6. The Morgan fingerprint density at radius 2 is 1.57 bits per heavy atom. The lowest BCUT2D eigenvalue weighted by molar-refractivity contribution is -0.193. The second-order valence-corrected chi connectivity index (χ2v) is 8.24. The third-order valence-electron chi connectivity index (χ3n) is 5.77. The molecule has 0 saturated carbocycles. The maximum Gasteiger partial charge on any atom is 0.490 e. The minimum Gasteiger partial charge on any atom is -0.475 e. The molecule has 1 amide bonds. The lowest BCUT2D eigenvalue weighted by atomic mass is 9.82. The van der Waals surface area contributed by atoms with Crippen LogP contribution in [-0.4, -0.2) is 105 Å². The van der Waals surface area contributed by atoms with Crippen molar-refractivity contribution in [1.29, 1.82) is 0 Å². The molecule has 3 heterocycles. The monoisotopic (exact) mass is 542 g/mol. The van der Waals surface area contributed by atoms with E-state index in [1.165, 1.54) is 5.56 Å². The first kappa shape index (κ1) is 31.8. The standard InChI is InChI=1S/C18H26N4O.2C2HF3O2/c1-3-9-22-13-12-20(2)18(17(22)23)6-10-21(11-7-18)15-16-5-4-8-19-14-16;2*3-2(4,5)1(6)7/h3-5,8,14H,1,6-7,9-13,15H2,2H3;2*(H,6,7). The van der Waals surface area contributed by atoms with Crippen LogP contribution in [0.15, 0.2) is 37.2 Å². The molecule has 1 aromatic rings. The molecule has 208 valence electrons. The smallest absolute Gasteiger partial charge is 0.475 e. The van der Waals surface area contributed by atoms with E-state index >= 15 is 0 Å². The van der Waals surface area contributed by atoms with Crippen molar-refractivity contribution in [3.63, 3.8) is 0 Å². The van der Waals surface area contributed by atoms with Gasteiger partial charge in [-0.2, -0.15) is 26.3 Å². The molecule has 2 fully saturated rings. The van der Waals surface area contributed by atoms with Crippen LogP contribution < -0.4 is 0 Å². The molecule has 2 saturated heterocycles. The molecule has 0 unspecified atom stereocenters. The fourth-order valence-electron chi connectivity index (χ4n) is 3.80. The first-order valence-corrected chi connectivity index (χ1v) is 10.9. The first-order chi connectivity index (χ1) is 17.0. The van der Waals surface area contributed by atoms with E-state index in [9.17, 15) is 31.1 Å². The summed E-state index contributed by atoms with van der Waals surface area (Å²) in [5.74, 6) is -5.23. The number of amides is 1. The maximum absolute atomic E-state index is 13.0. The number of hydrogen-bond donors (Lipinski definition) is 2. The van der Waals surface area contributed by atoms with Crippen molar-refractivity contribution in [2.45, 2.75) is 37.3 Å².